The Morgan fingerprint density at radius 1 is 1.31 bits per heavy atom. The lowest BCUT2D eigenvalue weighted by atomic mass is 10.2. The summed E-state index contributed by atoms with van der Waals surface area (Å²) in [6, 6.07) is 9.86. The monoisotopic (exact) mass is 216 g/mol. The van der Waals surface area contributed by atoms with Gasteiger partial charge in [0.1, 0.15) is 5.75 Å². The molecule has 0 spiro atoms. The summed E-state index contributed by atoms with van der Waals surface area (Å²) in [4.78, 5) is 4.46. The molecule has 1 heterocycles. The molecule has 1 aromatic carbocycles. The van der Waals surface area contributed by atoms with Gasteiger partial charge in [0, 0.05) is 18.0 Å². The molecule has 0 aliphatic carbocycles. The maximum absolute atomic E-state index is 5.77. The Balaban J connectivity index is 2.59. The van der Waals surface area contributed by atoms with E-state index in [4.69, 9.17) is 10.5 Å². The Morgan fingerprint density at radius 2 is 2.06 bits per heavy atom. The zero-order valence-electron chi connectivity index (χ0n) is 9.60. The quantitative estimate of drug-likeness (QED) is 0.857. The van der Waals surface area contributed by atoms with E-state index in [-0.39, 0.29) is 6.10 Å². The van der Waals surface area contributed by atoms with Gasteiger partial charge in [-0.15, -0.1) is 0 Å². The standard InChI is InChI=1S/C13H16N2O/c1-9(2)16-13-7-10(8-14)15-12-6-4-3-5-11(12)13/h3-7,9H,8,14H2,1-2H3. The highest BCUT2D eigenvalue weighted by atomic mass is 16.5. The minimum absolute atomic E-state index is 0.149. The molecule has 16 heavy (non-hydrogen) atoms. The van der Waals surface area contributed by atoms with Crippen LogP contribution in [0.2, 0.25) is 0 Å². The number of benzene rings is 1. The van der Waals surface area contributed by atoms with Crippen molar-refractivity contribution in [3.05, 3.63) is 36.0 Å². The molecule has 3 nitrogen and oxygen atoms in total. The number of hydrogen-bond acceptors (Lipinski definition) is 3. The number of para-hydroxylation sites is 1. The van der Waals surface area contributed by atoms with Gasteiger partial charge in [-0.05, 0) is 26.0 Å². The van der Waals surface area contributed by atoms with Crippen molar-refractivity contribution in [2.75, 3.05) is 0 Å². The van der Waals surface area contributed by atoms with Crippen LogP contribution in [0, 0.1) is 0 Å². The lowest BCUT2D eigenvalue weighted by Gasteiger charge is -2.13. The van der Waals surface area contributed by atoms with E-state index < -0.39 is 0 Å². The molecule has 0 fully saturated rings. The predicted molar refractivity (Wildman–Crippen MR) is 65.4 cm³/mol. The molecule has 0 amide bonds. The molecule has 0 radical (unpaired) electrons. The second-order valence-electron chi connectivity index (χ2n) is 4.00. The van der Waals surface area contributed by atoms with Crippen molar-refractivity contribution in [1.82, 2.24) is 4.98 Å². The van der Waals surface area contributed by atoms with E-state index in [2.05, 4.69) is 4.98 Å². The summed E-state index contributed by atoms with van der Waals surface area (Å²) in [7, 11) is 0. The minimum Gasteiger partial charge on any atom is -0.490 e. The first-order valence-electron chi connectivity index (χ1n) is 5.46. The van der Waals surface area contributed by atoms with Crippen LogP contribution in [-0.4, -0.2) is 11.1 Å². The number of rotatable bonds is 3. The van der Waals surface area contributed by atoms with Crippen molar-refractivity contribution < 1.29 is 4.74 Å². The molecule has 2 rings (SSSR count). The third-order valence-electron chi connectivity index (χ3n) is 2.30. The average molecular weight is 216 g/mol. The molecule has 0 aliphatic heterocycles. The molecule has 0 saturated heterocycles. The maximum atomic E-state index is 5.77. The summed E-state index contributed by atoms with van der Waals surface area (Å²) >= 11 is 0. The Labute approximate surface area is 95.2 Å². The highest BCUT2D eigenvalue weighted by Crippen LogP contribution is 2.26. The largest absolute Gasteiger partial charge is 0.490 e. The lowest BCUT2D eigenvalue weighted by molar-refractivity contribution is 0.245. The van der Waals surface area contributed by atoms with Crippen molar-refractivity contribution in [2.45, 2.75) is 26.5 Å². The molecule has 1 aromatic heterocycles. The summed E-state index contributed by atoms with van der Waals surface area (Å²) in [6.07, 6.45) is 0.149. The SMILES string of the molecule is CC(C)Oc1cc(CN)nc2ccccc12. The summed E-state index contributed by atoms with van der Waals surface area (Å²) < 4.78 is 5.77. The molecule has 0 atom stereocenters. The van der Waals surface area contributed by atoms with E-state index in [1.807, 2.05) is 44.2 Å². The van der Waals surface area contributed by atoms with Crippen molar-refractivity contribution in [1.29, 1.82) is 0 Å². The van der Waals surface area contributed by atoms with Crippen molar-refractivity contribution >= 4 is 10.9 Å². The topological polar surface area (TPSA) is 48.1 Å². The molecule has 84 valence electrons. The number of ether oxygens (including phenoxy) is 1. The van der Waals surface area contributed by atoms with Crippen LogP contribution < -0.4 is 10.5 Å². The lowest BCUT2D eigenvalue weighted by Crippen LogP contribution is -2.08. The number of hydrogen-bond donors (Lipinski definition) is 1. The van der Waals surface area contributed by atoms with Crippen LogP contribution in [-0.2, 0) is 6.54 Å². The fraction of sp³-hybridized carbons (Fsp3) is 0.308. The van der Waals surface area contributed by atoms with Crippen LogP contribution in [0.25, 0.3) is 10.9 Å². The van der Waals surface area contributed by atoms with Crippen molar-refractivity contribution in [3.8, 4) is 5.75 Å². The number of nitrogens with zero attached hydrogens (tertiary/aromatic N) is 1. The zero-order chi connectivity index (χ0) is 11.5. The Kier molecular flexibility index (Phi) is 3.06. The molecule has 2 aromatic rings. The van der Waals surface area contributed by atoms with Gasteiger partial charge in [-0.2, -0.15) is 0 Å². The van der Waals surface area contributed by atoms with Gasteiger partial charge in [-0.25, -0.2) is 0 Å². The molecular formula is C13H16N2O. The smallest absolute Gasteiger partial charge is 0.130 e. The number of nitrogens with two attached hydrogens (primary N) is 1. The predicted octanol–water partition coefficient (Wildman–Crippen LogP) is 2.48. The van der Waals surface area contributed by atoms with Gasteiger partial charge in [0.05, 0.1) is 17.3 Å². The van der Waals surface area contributed by atoms with E-state index in [1.54, 1.807) is 0 Å². The highest BCUT2D eigenvalue weighted by Gasteiger charge is 2.07. The number of aromatic nitrogens is 1. The second kappa shape index (κ2) is 4.49. The van der Waals surface area contributed by atoms with Gasteiger partial charge in [0.15, 0.2) is 0 Å². The van der Waals surface area contributed by atoms with Crippen molar-refractivity contribution in [2.24, 2.45) is 5.73 Å². The van der Waals surface area contributed by atoms with Crippen LogP contribution in [0.5, 0.6) is 5.75 Å². The van der Waals surface area contributed by atoms with Crippen LogP contribution in [0.3, 0.4) is 0 Å². The maximum Gasteiger partial charge on any atom is 0.130 e. The van der Waals surface area contributed by atoms with Gasteiger partial charge in [0.25, 0.3) is 0 Å². The Hall–Kier alpha value is -1.61. The Morgan fingerprint density at radius 3 is 2.75 bits per heavy atom. The fourth-order valence-electron chi connectivity index (χ4n) is 1.65. The van der Waals surface area contributed by atoms with Gasteiger partial charge in [-0.3, -0.25) is 4.98 Å². The highest BCUT2D eigenvalue weighted by molar-refractivity contribution is 5.85. The minimum atomic E-state index is 0.149. The molecule has 0 saturated carbocycles. The average Bonchev–Trinajstić information content (AvgIpc) is 2.28. The summed E-state index contributed by atoms with van der Waals surface area (Å²) in [5.41, 5.74) is 7.41. The third-order valence-corrected chi connectivity index (χ3v) is 2.30. The van der Waals surface area contributed by atoms with E-state index >= 15 is 0 Å². The van der Waals surface area contributed by atoms with E-state index in [0.29, 0.717) is 6.54 Å². The van der Waals surface area contributed by atoms with Gasteiger partial charge in [-0.1, -0.05) is 12.1 Å². The number of pyridine rings is 1. The fourth-order valence-corrected chi connectivity index (χ4v) is 1.65. The van der Waals surface area contributed by atoms with Crippen LogP contribution >= 0.6 is 0 Å². The molecule has 3 heteroatoms. The molecule has 0 bridgehead atoms. The van der Waals surface area contributed by atoms with Crippen molar-refractivity contribution in [3.63, 3.8) is 0 Å². The van der Waals surface area contributed by atoms with E-state index in [9.17, 15) is 0 Å². The van der Waals surface area contributed by atoms with Gasteiger partial charge in [0.2, 0.25) is 0 Å². The zero-order valence-corrected chi connectivity index (χ0v) is 9.60. The molecule has 0 aliphatic rings. The molecule has 0 unspecified atom stereocenters. The summed E-state index contributed by atoms with van der Waals surface area (Å²) in [5.74, 6) is 0.862. The van der Waals surface area contributed by atoms with E-state index in [0.717, 1.165) is 22.3 Å². The van der Waals surface area contributed by atoms with Crippen LogP contribution in [0.4, 0.5) is 0 Å². The Bertz CT molecular complexity index is 494. The molecular weight excluding hydrogens is 200 g/mol. The normalized spacial score (nSPS) is 11.0. The first kappa shape index (κ1) is 10.9. The van der Waals surface area contributed by atoms with Gasteiger partial charge < -0.3 is 10.5 Å². The second-order valence-corrected chi connectivity index (χ2v) is 4.00. The summed E-state index contributed by atoms with van der Waals surface area (Å²) in [6.45, 7) is 4.45. The first-order chi connectivity index (χ1) is 7.70. The van der Waals surface area contributed by atoms with Crippen LogP contribution in [0.1, 0.15) is 19.5 Å². The first-order valence-corrected chi connectivity index (χ1v) is 5.46. The number of fused-ring (bicyclic) bond motifs is 1. The third kappa shape index (κ3) is 2.14. The molecule has 2 N–H and O–H groups in total. The van der Waals surface area contributed by atoms with E-state index in [1.165, 1.54) is 0 Å². The summed E-state index contributed by atoms with van der Waals surface area (Å²) in [5, 5.41) is 1.04. The van der Waals surface area contributed by atoms with Gasteiger partial charge >= 0.3 is 0 Å². The van der Waals surface area contributed by atoms with Crippen LogP contribution in [0.15, 0.2) is 30.3 Å².